The van der Waals surface area contributed by atoms with E-state index in [0.29, 0.717) is 0 Å². The molecule has 0 saturated carbocycles. The lowest BCUT2D eigenvalue weighted by Crippen LogP contribution is -2.42. The van der Waals surface area contributed by atoms with Gasteiger partial charge in [-0.05, 0) is 37.3 Å². The molecule has 0 atom stereocenters. The van der Waals surface area contributed by atoms with Gasteiger partial charge in [0.2, 0.25) is 5.91 Å². The maximum Gasteiger partial charge on any atom is 0.272 e. The number of benzene rings is 2. The average molecular weight is 353 g/mol. The lowest BCUT2D eigenvalue weighted by molar-refractivity contribution is -0.119. The molecule has 2 amide bonds. The van der Waals surface area contributed by atoms with E-state index in [-0.39, 0.29) is 16.3 Å². The molecule has 23 heavy (non-hydrogen) atoms. The normalized spacial score (nSPS) is 10.2. The molecule has 0 bridgehead atoms. The van der Waals surface area contributed by atoms with Gasteiger partial charge in [-0.1, -0.05) is 29.3 Å². The van der Waals surface area contributed by atoms with Gasteiger partial charge >= 0.3 is 0 Å². The third-order valence-electron chi connectivity index (χ3n) is 2.88. The van der Waals surface area contributed by atoms with E-state index >= 15 is 0 Å². The van der Waals surface area contributed by atoms with E-state index in [0.717, 1.165) is 16.5 Å². The van der Waals surface area contributed by atoms with E-state index in [1.807, 2.05) is 31.2 Å². The maximum absolute atomic E-state index is 13.5. The molecule has 2 aromatic rings. The van der Waals surface area contributed by atoms with Gasteiger partial charge < -0.3 is 0 Å². The van der Waals surface area contributed by atoms with Gasteiger partial charge in [-0.3, -0.25) is 20.4 Å². The number of hydrogen-bond acceptors (Lipinski definition) is 3. The molecule has 0 radical (unpaired) electrons. The Balaban J connectivity index is 1.83. The van der Waals surface area contributed by atoms with Crippen molar-refractivity contribution >= 4 is 35.2 Å². The number of hydrazine groups is 1. The number of amides is 2. The second kappa shape index (κ2) is 7.99. The van der Waals surface area contributed by atoms with Crippen LogP contribution in [0.25, 0.3) is 0 Å². The summed E-state index contributed by atoms with van der Waals surface area (Å²) < 4.78 is 13.5. The van der Waals surface area contributed by atoms with Gasteiger partial charge in [0.25, 0.3) is 5.91 Å². The molecule has 2 rings (SSSR count). The first-order valence-corrected chi connectivity index (χ1v) is 8.06. The van der Waals surface area contributed by atoms with Gasteiger partial charge in [-0.2, -0.15) is 0 Å². The molecular formula is C16H14ClFN2O2S. The van der Waals surface area contributed by atoms with E-state index in [4.69, 9.17) is 11.6 Å². The molecule has 0 fully saturated rings. The standard InChI is InChI=1S/C16H14ClFN2O2S/c1-10-2-5-12(6-3-10)23-9-15(21)19-20-16(22)13-8-11(17)4-7-14(13)18/h2-8H,9H2,1H3,(H,19,21)(H,20,22). The number of nitrogens with one attached hydrogen (secondary N) is 2. The van der Waals surface area contributed by atoms with Crippen molar-refractivity contribution in [2.24, 2.45) is 0 Å². The van der Waals surface area contributed by atoms with Crippen LogP contribution in [0.2, 0.25) is 5.02 Å². The van der Waals surface area contributed by atoms with Crippen molar-refractivity contribution < 1.29 is 14.0 Å². The van der Waals surface area contributed by atoms with Crippen LogP contribution in [-0.4, -0.2) is 17.6 Å². The molecule has 0 spiro atoms. The van der Waals surface area contributed by atoms with Crippen LogP contribution in [0.3, 0.4) is 0 Å². The second-order valence-corrected chi connectivity index (χ2v) is 6.21. The minimum atomic E-state index is -0.765. The Hall–Kier alpha value is -2.05. The summed E-state index contributed by atoms with van der Waals surface area (Å²) in [6, 6.07) is 11.3. The van der Waals surface area contributed by atoms with Crippen LogP contribution in [0, 0.1) is 12.7 Å². The summed E-state index contributed by atoms with van der Waals surface area (Å²) in [6.45, 7) is 1.98. The summed E-state index contributed by atoms with van der Waals surface area (Å²) in [5.74, 6) is -1.75. The predicted molar refractivity (Wildman–Crippen MR) is 88.9 cm³/mol. The van der Waals surface area contributed by atoms with Crippen LogP contribution in [-0.2, 0) is 4.79 Å². The highest BCUT2D eigenvalue weighted by atomic mass is 35.5. The minimum Gasteiger partial charge on any atom is -0.272 e. The van der Waals surface area contributed by atoms with Gasteiger partial charge in [-0.15, -0.1) is 11.8 Å². The van der Waals surface area contributed by atoms with Gasteiger partial charge in [0.15, 0.2) is 0 Å². The Labute approximate surface area is 142 Å². The number of rotatable bonds is 4. The molecular weight excluding hydrogens is 339 g/mol. The van der Waals surface area contributed by atoms with Crippen molar-refractivity contribution in [2.45, 2.75) is 11.8 Å². The first kappa shape index (κ1) is 17.3. The largest absolute Gasteiger partial charge is 0.272 e. The van der Waals surface area contributed by atoms with Crippen molar-refractivity contribution in [2.75, 3.05) is 5.75 Å². The second-order valence-electron chi connectivity index (χ2n) is 4.73. The highest BCUT2D eigenvalue weighted by Crippen LogP contribution is 2.18. The van der Waals surface area contributed by atoms with E-state index in [2.05, 4.69) is 10.9 Å². The summed E-state index contributed by atoms with van der Waals surface area (Å²) >= 11 is 7.05. The molecule has 7 heteroatoms. The highest BCUT2D eigenvalue weighted by Gasteiger charge is 2.13. The minimum absolute atomic E-state index is 0.126. The molecule has 0 aromatic heterocycles. The number of aryl methyl sites for hydroxylation is 1. The maximum atomic E-state index is 13.5. The van der Waals surface area contributed by atoms with E-state index < -0.39 is 17.6 Å². The molecule has 0 aliphatic rings. The van der Waals surface area contributed by atoms with E-state index in [1.165, 1.54) is 23.9 Å². The highest BCUT2D eigenvalue weighted by molar-refractivity contribution is 8.00. The first-order chi connectivity index (χ1) is 11.0. The topological polar surface area (TPSA) is 58.2 Å². The molecule has 0 heterocycles. The number of halogens is 2. The van der Waals surface area contributed by atoms with E-state index in [9.17, 15) is 14.0 Å². The van der Waals surface area contributed by atoms with Crippen molar-refractivity contribution in [3.63, 3.8) is 0 Å². The zero-order valence-corrected chi connectivity index (χ0v) is 13.8. The summed E-state index contributed by atoms with van der Waals surface area (Å²) in [7, 11) is 0. The third-order valence-corrected chi connectivity index (χ3v) is 4.13. The predicted octanol–water partition coefficient (Wildman–Crippen LogP) is 3.34. The van der Waals surface area contributed by atoms with Gasteiger partial charge in [0.1, 0.15) is 5.82 Å². The monoisotopic (exact) mass is 352 g/mol. The number of carbonyl (C=O) groups is 2. The smallest absolute Gasteiger partial charge is 0.272 e. The van der Waals surface area contributed by atoms with Crippen LogP contribution >= 0.6 is 23.4 Å². The Morgan fingerprint density at radius 3 is 2.52 bits per heavy atom. The van der Waals surface area contributed by atoms with Crippen LogP contribution < -0.4 is 10.9 Å². The Bertz CT molecular complexity index is 723. The van der Waals surface area contributed by atoms with Crippen LogP contribution in [0.5, 0.6) is 0 Å². The quantitative estimate of drug-likeness (QED) is 0.655. The SMILES string of the molecule is Cc1ccc(SCC(=O)NNC(=O)c2cc(Cl)ccc2F)cc1. The van der Waals surface area contributed by atoms with Crippen LogP contribution in [0.1, 0.15) is 15.9 Å². The zero-order chi connectivity index (χ0) is 16.8. The molecule has 0 aliphatic carbocycles. The van der Waals surface area contributed by atoms with Crippen molar-refractivity contribution in [3.8, 4) is 0 Å². The fraction of sp³-hybridized carbons (Fsp3) is 0.125. The molecule has 0 unspecified atom stereocenters. The number of thioether (sulfide) groups is 1. The molecule has 2 aromatic carbocycles. The molecule has 2 N–H and O–H groups in total. The average Bonchev–Trinajstić information content (AvgIpc) is 2.54. The molecule has 4 nitrogen and oxygen atoms in total. The summed E-state index contributed by atoms with van der Waals surface area (Å²) in [6.07, 6.45) is 0. The third kappa shape index (κ3) is 5.26. The van der Waals surface area contributed by atoms with Gasteiger partial charge in [-0.25, -0.2) is 4.39 Å². The summed E-state index contributed by atoms with van der Waals surface area (Å²) in [5, 5.41) is 0.234. The van der Waals surface area contributed by atoms with Gasteiger partial charge in [0.05, 0.1) is 11.3 Å². The van der Waals surface area contributed by atoms with Crippen molar-refractivity contribution in [3.05, 3.63) is 64.4 Å². The zero-order valence-electron chi connectivity index (χ0n) is 12.2. The molecule has 120 valence electrons. The summed E-state index contributed by atoms with van der Waals surface area (Å²) in [5.41, 5.74) is 5.30. The number of carbonyl (C=O) groups excluding carboxylic acids is 2. The van der Waals surface area contributed by atoms with Crippen LogP contribution in [0.4, 0.5) is 4.39 Å². The Morgan fingerprint density at radius 2 is 1.83 bits per heavy atom. The molecule has 0 saturated heterocycles. The molecule has 0 aliphatic heterocycles. The summed E-state index contributed by atoms with van der Waals surface area (Å²) in [4.78, 5) is 24.4. The Kier molecular flexibility index (Phi) is 6.01. The lowest BCUT2D eigenvalue weighted by atomic mass is 10.2. The fourth-order valence-electron chi connectivity index (χ4n) is 1.68. The van der Waals surface area contributed by atoms with Crippen LogP contribution in [0.15, 0.2) is 47.4 Å². The van der Waals surface area contributed by atoms with E-state index in [1.54, 1.807) is 0 Å². The fourth-order valence-corrected chi connectivity index (χ4v) is 2.56. The van der Waals surface area contributed by atoms with Crippen molar-refractivity contribution in [1.82, 2.24) is 10.9 Å². The lowest BCUT2D eigenvalue weighted by Gasteiger charge is -2.08. The van der Waals surface area contributed by atoms with Gasteiger partial charge in [0, 0.05) is 9.92 Å². The number of hydrogen-bond donors (Lipinski definition) is 2. The first-order valence-electron chi connectivity index (χ1n) is 6.69. The van der Waals surface area contributed by atoms with Crippen molar-refractivity contribution in [1.29, 1.82) is 0 Å². The Morgan fingerprint density at radius 1 is 1.13 bits per heavy atom.